The number of nitrogens with one attached hydrogen (secondary N) is 1. The molecule has 12 heavy (non-hydrogen) atoms. The molecule has 0 saturated heterocycles. The number of aromatic amines is 1. The lowest BCUT2D eigenvalue weighted by molar-refractivity contribution is -0.453. The Morgan fingerprint density at radius 1 is 1.58 bits per heavy atom. The largest absolute Gasteiger partial charge is 0.412 e. The molecule has 0 fully saturated rings. The number of carbonyl (C=O) groups excluding carboxylic acids is 1. The summed E-state index contributed by atoms with van der Waals surface area (Å²) in [6.07, 6.45) is 8.33. The van der Waals surface area contributed by atoms with Crippen molar-refractivity contribution in [3.05, 3.63) is 30.4 Å². The van der Waals surface area contributed by atoms with Gasteiger partial charge in [0.15, 0.2) is 12.8 Å². The van der Waals surface area contributed by atoms with E-state index in [0.717, 1.165) is 5.69 Å². The zero-order chi connectivity index (χ0) is 8.39. The van der Waals surface area contributed by atoms with E-state index in [1.807, 2.05) is 0 Å². The normalized spacial score (nSPS) is 15.3. The van der Waals surface area contributed by atoms with Crippen molar-refractivity contribution in [2.75, 3.05) is 0 Å². The van der Waals surface area contributed by atoms with Crippen molar-refractivity contribution in [1.82, 2.24) is 9.97 Å². The van der Waals surface area contributed by atoms with E-state index in [1.54, 1.807) is 29.4 Å². The maximum absolute atomic E-state index is 11.1. The topological polar surface area (TPSA) is 48.8 Å². The molecule has 4 nitrogen and oxygen atoms in total. The number of hydrogen-bond acceptors (Lipinski definition) is 2. The summed E-state index contributed by atoms with van der Waals surface area (Å²) >= 11 is 0. The van der Waals surface area contributed by atoms with Gasteiger partial charge in [-0.3, -0.25) is 0 Å². The van der Waals surface area contributed by atoms with Crippen LogP contribution in [0.25, 0.3) is 0 Å². The first kappa shape index (κ1) is 6.97. The van der Waals surface area contributed by atoms with Gasteiger partial charge in [0.05, 0.1) is 18.6 Å². The highest BCUT2D eigenvalue weighted by atomic mass is 16.2. The molecule has 2 heterocycles. The van der Waals surface area contributed by atoms with E-state index < -0.39 is 0 Å². The van der Waals surface area contributed by atoms with Gasteiger partial charge in [0.1, 0.15) is 5.69 Å². The fourth-order valence-corrected chi connectivity index (χ4v) is 1.08. The van der Waals surface area contributed by atoms with Gasteiger partial charge in [-0.2, -0.15) is 4.58 Å². The van der Waals surface area contributed by atoms with Crippen LogP contribution in [0, 0.1) is 0 Å². The minimum atomic E-state index is 0.0181. The van der Waals surface area contributed by atoms with Gasteiger partial charge >= 0.3 is 5.91 Å². The Balaban J connectivity index is 2.11. The molecule has 0 unspecified atom stereocenters. The molecule has 0 bridgehead atoms. The molecule has 1 aliphatic rings. The van der Waals surface area contributed by atoms with Crippen molar-refractivity contribution in [3.63, 3.8) is 0 Å². The van der Waals surface area contributed by atoms with Crippen molar-refractivity contribution in [2.24, 2.45) is 0 Å². The van der Waals surface area contributed by atoms with Crippen LogP contribution < -0.4 is 0 Å². The average molecular weight is 162 g/mol. The summed E-state index contributed by atoms with van der Waals surface area (Å²) in [5.74, 6) is 0.0181. The summed E-state index contributed by atoms with van der Waals surface area (Å²) in [4.78, 5) is 17.9. The molecule has 60 valence electrons. The SMILES string of the molecule is O=C1C=CC=[N+]1Cc1cnc[nH]1. The molecule has 2 rings (SSSR count). The molecule has 0 atom stereocenters. The van der Waals surface area contributed by atoms with Gasteiger partial charge in [-0.05, 0) is 0 Å². The van der Waals surface area contributed by atoms with Gasteiger partial charge in [-0.1, -0.05) is 0 Å². The smallest absolute Gasteiger partial charge is 0.343 e. The van der Waals surface area contributed by atoms with Crippen LogP contribution in [0.15, 0.2) is 24.7 Å². The minimum Gasteiger partial charge on any atom is -0.343 e. The summed E-state index contributed by atoms with van der Waals surface area (Å²) in [5, 5.41) is 0. The first-order valence-corrected chi connectivity index (χ1v) is 3.65. The summed E-state index contributed by atoms with van der Waals surface area (Å²) in [7, 11) is 0. The molecule has 0 aliphatic carbocycles. The zero-order valence-corrected chi connectivity index (χ0v) is 6.40. The first-order chi connectivity index (χ1) is 5.86. The fraction of sp³-hybridized carbons (Fsp3) is 0.125. The number of imidazole rings is 1. The standard InChI is InChI=1S/C8H7N3O/c12-8-2-1-3-11(8)5-7-4-9-6-10-7/h1-4,6H,5H2/p+1. The predicted octanol–water partition coefficient (Wildman–Crippen LogP) is 0.0894. The molecule has 1 aromatic rings. The van der Waals surface area contributed by atoms with E-state index in [2.05, 4.69) is 9.97 Å². The van der Waals surface area contributed by atoms with E-state index in [0.29, 0.717) is 6.54 Å². The Bertz CT molecular complexity index is 348. The number of rotatable bonds is 2. The second kappa shape index (κ2) is 2.73. The van der Waals surface area contributed by atoms with E-state index in [1.165, 1.54) is 6.08 Å². The highest BCUT2D eigenvalue weighted by Gasteiger charge is 2.18. The fourth-order valence-electron chi connectivity index (χ4n) is 1.08. The number of hydrogen-bond donors (Lipinski definition) is 1. The lowest BCUT2D eigenvalue weighted by Crippen LogP contribution is -2.15. The van der Waals surface area contributed by atoms with Gasteiger partial charge < -0.3 is 4.98 Å². The lowest BCUT2D eigenvalue weighted by atomic mass is 10.4. The van der Waals surface area contributed by atoms with Crippen LogP contribution in [0.4, 0.5) is 0 Å². The monoisotopic (exact) mass is 162 g/mol. The van der Waals surface area contributed by atoms with Gasteiger partial charge in [0.2, 0.25) is 0 Å². The predicted molar refractivity (Wildman–Crippen MR) is 42.8 cm³/mol. The average Bonchev–Trinajstić information content (AvgIpc) is 2.65. The van der Waals surface area contributed by atoms with Crippen LogP contribution in [0.2, 0.25) is 0 Å². The third kappa shape index (κ3) is 1.18. The van der Waals surface area contributed by atoms with Crippen LogP contribution in [0.1, 0.15) is 5.69 Å². The van der Waals surface area contributed by atoms with E-state index in [-0.39, 0.29) is 5.91 Å². The molecule has 1 aromatic heterocycles. The summed E-state index contributed by atoms with van der Waals surface area (Å²) in [5.41, 5.74) is 0.934. The molecule has 1 amide bonds. The molecular formula is C8H8N3O+. The van der Waals surface area contributed by atoms with E-state index in [4.69, 9.17) is 0 Å². The van der Waals surface area contributed by atoms with Crippen LogP contribution in [-0.4, -0.2) is 26.7 Å². The number of nitrogens with zero attached hydrogens (tertiary/aromatic N) is 2. The van der Waals surface area contributed by atoms with Crippen molar-refractivity contribution in [3.8, 4) is 0 Å². The third-order valence-corrected chi connectivity index (χ3v) is 1.68. The Hall–Kier alpha value is -1.71. The van der Waals surface area contributed by atoms with Crippen LogP contribution >= 0.6 is 0 Å². The molecule has 1 N–H and O–H groups in total. The quantitative estimate of drug-likeness (QED) is 0.626. The number of H-pyrrole nitrogens is 1. The van der Waals surface area contributed by atoms with Crippen molar-refractivity contribution < 1.29 is 9.37 Å². The number of amides is 1. The molecule has 0 aromatic carbocycles. The number of allylic oxidation sites excluding steroid dienone is 1. The Morgan fingerprint density at radius 2 is 2.50 bits per heavy atom. The van der Waals surface area contributed by atoms with Crippen molar-refractivity contribution >= 4 is 12.1 Å². The van der Waals surface area contributed by atoms with Crippen molar-refractivity contribution in [1.29, 1.82) is 0 Å². The lowest BCUT2D eigenvalue weighted by Gasteiger charge is -1.90. The molecular weight excluding hydrogens is 154 g/mol. The number of carbonyl (C=O) groups is 1. The maximum atomic E-state index is 11.1. The highest BCUT2D eigenvalue weighted by molar-refractivity contribution is 5.93. The van der Waals surface area contributed by atoms with Crippen LogP contribution in [0.5, 0.6) is 0 Å². The summed E-state index contributed by atoms with van der Waals surface area (Å²) in [6, 6.07) is 0. The third-order valence-electron chi connectivity index (χ3n) is 1.68. The first-order valence-electron chi connectivity index (χ1n) is 3.65. The second-order valence-electron chi connectivity index (χ2n) is 2.55. The molecule has 0 radical (unpaired) electrons. The van der Waals surface area contributed by atoms with Gasteiger partial charge in [-0.15, -0.1) is 0 Å². The highest BCUT2D eigenvalue weighted by Crippen LogP contribution is 1.98. The Kier molecular flexibility index (Phi) is 1.59. The molecule has 4 heteroatoms. The van der Waals surface area contributed by atoms with Crippen molar-refractivity contribution in [2.45, 2.75) is 6.54 Å². The summed E-state index contributed by atoms with van der Waals surface area (Å²) < 4.78 is 1.62. The Morgan fingerprint density at radius 3 is 3.08 bits per heavy atom. The maximum Gasteiger partial charge on any atom is 0.412 e. The van der Waals surface area contributed by atoms with Gasteiger partial charge in [-0.25, -0.2) is 9.78 Å². The van der Waals surface area contributed by atoms with Crippen LogP contribution in [0.3, 0.4) is 0 Å². The molecule has 0 spiro atoms. The van der Waals surface area contributed by atoms with Gasteiger partial charge in [0.25, 0.3) is 0 Å². The Labute approximate surface area is 69.3 Å². The molecule has 0 saturated carbocycles. The van der Waals surface area contributed by atoms with E-state index in [9.17, 15) is 4.79 Å². The van der Waals surface area contributed by atoms with E-state index >= 15 is 0 Å². The second-order valence-corrected chi connectivity index (χ2v) is 2.55. The molecule has 1 aliphatic heterocycles. The minimum absolute atomic E-state index is 0.0181. The van der Waals surface area contributed by atoms with Gasteiger partial charge in [0, 0.05) is 6.08 Å². The van der Waals surface area contributed by atoms with Crippen LogP contribution in [-0.2, 0) is 11.3 Å². The summed E-state index contributed by atoms with van der Waals surface area (Å²) in [6.45, 7) is 0.561. The number of aromatic nitrogens is 2. The zero-order valence-electron chi connectivity index (χ0n) is 6.40.